The normalized spacial score (nSPS) is 28.7. The fourth-order valence-corrected chi connectivity index (χ4v) is 2.56. The van der Waals surface area contributed by atoms with Gasteiger partial charge in [0.05, 0.1) is 0 Å². The van der Waals surface area contributed by atoms with Crippen LogP contribution in [0.2, 0.25) is 0 Å². The maximum atomic E-state index is 11.4. The van der Waals surface area contributed by atoms with Crippen molar-refractivity contribution in [1.29, 1.82) is 0 Å². The van der Waals surface area contributed by atoms with Gasteiger partial charge < -0.3 is 4.90 Å². The summed E-state index contributed by atoms with van der Waals surface area (Å²) >= 11 is 0. The maximum Gasteiger partial charge on any atom is 0.136 e. The van der Waals surface area contributed by atoms with Gasteiger partial charge in [0.1, 0.15) is 11.6 Å². The molecule has 1 aliphatic carbocycles. The average molecular weight is 209 g/mol. The molecule has 1 atom stereocenters. The van der Waals surface area contributed by atoms with Gasteiger partial charge in [-0.25, -0.2) is 0 Å². The van der Waals surface area contributed by atoms with E-state index in [1.54, 1.807) is 0 Å². The Kier molecular flexibility index (Phi) is 3.52. The second kappa shape index (κ2) is 4.88. The minimum absolute atomic E-state index is 0.322. The number of carbonyl (C=O) groups excluding carboxylic acids is 2. The van der Waals surface area contributed by atoms with Crippen LogP contribution in [-0.4, -0.2) is 36.1 Å². The Bertz CT molecular complexity index is 252. The van der Waals surface area contributed by atoms with Crippen molar-refractivity contribution in [3.8, 4) is 0 Å². The summed E-state index contributed by atoms with van der Waals surface area (Å²) in [6.45, 7) is 2.81. The first kappa shape index (κ1) is 10.8. The van der Waals surface area contributed by atoms with Crippen LogP contribution in [0.25, 0.3) is 0 Å². The van der Waals surface area contributed by atoms with Gasteiger partial charge >= 0.3 is 0 Å². The lowest BCUT2D eigenvalue weighted by Crippen LogP contribution is -2.35. The highest BCUT2D eigenvalue weighted by molar-refractivity contribution is 5.82. The first-order chi connectivity index (χ1) is 7.25. The Labute approximate surface area is 90.8 Å². The van der Waals surface area contributed by atoms with Gasteiger partial charge in [-0.15, -0.1) is 0 Å². The summed E-state index contributed by atoms with van der Waals surface area (Å²) in [6, 6.07) is 0. The van der Waals surface area contributed by atoms with Crippen molar-refractivity contribution < 1.29 is 9.59 Å². The van der Waals surface area contributed by atoms with E-state index >= 15 is 0 Å². The third kappa shape index (κ3) is 2.88. The van der Waals surface area contributed by atoms with Gasteiger partial charge in [-0.2, -0.15) is 0 Å². The first-order valence-electron chi connectivity index (χ1n) is 6.02. The number of Topliss-reactive ketones (excluding diaryl/α,β-unsaturated/α-hetero) is 2. The van der Waals surface area contributed by atoms with Crippen molar-refractivity contribution in [2.75, 3.05) is 19.6 Å². The molecule has 2 rings (SSSR count). The third-order valence-electron chi connectivity index (χ3n) is 3.64. The molecule has 0 aromatic rings. The molecule has 0 spiro atoms. The summed E-state index contributed by atoms with van der Waals surface area (Å²) in [5.74, 6) is 1.17. The molecule has 3 heteroatoms. The van der Waals surface area contributed by atoms with Crippen LogP contribution in [0, 0.1) is 5.92 Å². The molecule has 0 aromatic heterocycles. The molecule has 15 heavy (non-hydrogen) atoms. The highest BCUT2D eigenvalue weighted by Crippen LogP contribution is 2.24. The van der Waals surface area contributed by atoms with E-state index in [0.29, 0.717) is 30.3 Å². The molecule has 0 N–H and O–H groups in total. The van der Waals surface area contributed by atoms with Gasteiger partial charge in [0.15, 0.2) is 0 Å². The van der Waals surface area contributed by atoms with Crippen LogP contribution in [0.5, 0.6) is 0 Å². The van der Waals surface area contributed by atoms with Gasteiger partial charge in [-0.3, -0.25) is 9.59 Å². The summed E-state index contributed by atoms with van der Waals surface area (Å²) in [5.41, 5.74) is 0. The molecule has 84 valence electrons. The van der Waals surface area contributed by atoms with E-state index in [4.69, 9.17) is 0 Å². The molecule has 1 saturated carbocycles. The van der Waals surface area contributed by atoms with Crippen molar-refractivity contribution in [2.45, 2.75) is 38.5 Å². The van der Waals surface area contributed by atoms with Crippen molar-refractivity contribution in [3.63, 3.8) is 0 Å². The predicted octanol–water partition coefficient (Wildman–Crippen LogP) is 1.41. The van der Waals surface area contributed by atoms with Gasteiger partial charge in [-0.05, 0) is 25.8 Å². The SMILES string of the molecule is O=C1CCN(CCC2CCCC2=O)CC1. The number of likely N-dealkylation sites (tertiary alicyclic amines) is 1. The number of hydrogen-bond acceptors (Lipinski definition) is 3. The molecule has 2 aliphatic rings. The number of rotatable bonds is 3. The lowest BCUT2D eigenvalue weighted by molar-refractivity contribution is -0.123. The molecule has 1 heterocycles. The highest BCUT2D eigenvalue weighted by atomic mass is 16.1. The van der Waals surface area contributed by atoms with Gasteiger partial charge in [0.25, 0.3) is 0 Å². The average Bonchev–Trinajstić information content (AvgIpc) is 2.63. The molecule has 1 aliphatic heterocycles. The van der Waals surface area contributed by atoms with Crippen molar-refractivity contribution in [2.24, 2.45) is 5.92 Å². The quantitative estimate of drug-likeness (QED) is 0.705. The van der Waals surface area contributed by atoms with Crippen LogP contribution >= 0.6 is 0 Å². The third-order valence-corrected chi connectivity index (χ3v) is 3.64. The lowest BCUT2D eigenvalue weighted by Gasteiger charge is -2.26. The van der Waals surface area contributed by atoms with Crippen molar-refractivity contribution in [3.05, 3.63) is 0 Å². The zero-order valence-electron chi connectivity index (χ0n) is 9.21. The Morgan fingerprint density at radius 1 is 1.13 bits per heavy atom. The summed E-state index contributed by atoms with van der Waals surface area (Å²) in [7, 11) is 0. The summed E-state index contributed by atoms with van der Waals surface area (Å²) in [4.78, 5) is 24.8. The van der Waals surface area contributed by atoms with Gasteiger partial charge in [-0.1, -0.05) is 0 Å². The van der Waals surface area contributed by atoms with E-state index in [1.165, 1.54) is 0 Å². The minimum atomic E-state index is 0.322. The molecule has 2 fully saturated rings. The molecule has 1 unspecified atom stereocenters. The summed E-state index contributed by atoms with van der Waals surface area (Å²) < 4.78 is 0. The summed E-state index contributed by atoms with van der Waals surface area (Å²) in [5, 5.41) is 0. The van der Waals surface area contributed by atoms with Crippen LogP contribution < -0.4 is 0 Å². The maximum absolute atomic E-state index is 11.4. The zero-order chi connectivity index (χ0) is 10.7. The molecule has 0 radical (unpaired) electrons. The second-order valence-electron chi connectivity index (χ2n) is 4.72. The Morgan fingerprint density at radius 2 is 1.87 bits per heavy atom. The van der Waals surface area contributed by atoms with Crippen molar-refractivity contribution >= 4 is 11.6 Å². The Hall–Kier alpha value is -0.700. The number of nitrogens with zero attached hydrogens (tertiary/aromatic N) is 1. The molecule has 0 bridgehead atoms. The fraction of sp³-hybridized carbons (Fsp3) is 0.833. The largest absolute Gasteiger partial charge is 0.302 e. The predicted molar refractivity (Wildman–Crippen MR) is 57.6 cm³/mol. The molecular formula is C12H19NO2. The molecule has 3 nitrogen and oxygen atoms in total. The monoisotopic (exact) mass is 209 g/mol. The Morgan fingerprint density at radius 3 is 2.47 bits per heavy atom. The zero-order valence-corrected chi connectivity index (χ0v) is 9.21. The number of hydrogen-bond donors (Lipinski definition) is 0. The van der Waals surface area contributed by atoms with Gasteiger partial charge in [0.2, 0.25) is 0 Å². The fourth-order valence-electron chi connectivity index (χ4n) is 2.56. The Balaban J connectivity index is 1.69. The lowest BCUT2D eigenvalue weighted by atomic mass is 10.0. The molecular weight excluding hydrogens is 190 g/mol. The molecule has 0 amide bonds. The number of ketones is 2. The highest BCUT2D eigenvalue weighted by Gasteiger charge is 2.25. The van der Waals surface area contributed by atoms with Crippen LogP contribution in [-0.2, 0) is 9.59 Å². The smallest absolute Gasteiger partial charge is 0.136 e. The van der Waals surface area contributed by atoms with E-state index < -0.39 is 0 Å². The second-order valence-corrected chi connectivity index (χ2v) is 4.72. The van der Waals surface area contributed by atoms with Crippen LogP contribution in [0.1, 0.15) is 38.5 Å². The number of carbonyl (C=O) groups is 2. The van der Waals surface area contributed by atoms with Gasteiger partial charge in [0, 0.05) is 38.3 Å². The van der Waals surface area contributed by atoms with Crippen molar-refractivity contribution in [1.82, 2.24) is 4.90 Å². The summed E-state index contributed by atoms with van der Waals surface area (Å²) in [6.07, 6.45) is 5.39. The first-order valence-corrected chi connectivity index (χ1v) is 6.02. The standard InChI is InChI=1S/C12H19NO2/c14-11-5-8-13(9-6-11)7-4-10-2-1-3-12(10)15/h10H,1-9H2. The van der Waals surface area contributed by atoms with E-state index in [1.807, 2.05) is 0 Å². The van der Waals surface area contributed by atoms with Crippen LogP contribution in [0.15, 0.2) is 0 Å². The van der Waals surface area contributed by atoms with Crippen LogP contribution in [0.4, 0.5) is 0 Å². The van der Waals surface area contributed by atoms with Crippen LogP contribution in [0.3, 0.4) is 0 Å². The number of piperidine rings is 1. The van der Waals surface area contributed by atoms with E-state index in [9.17, 15) is 9.59 Å². The minimum Gasteiger partial charge on any atom is -0.302 e. The van der Waals surface area contributed by atoms with E-state index in [2.05, 4.69) is 4.90 Å². The topological polar surface area (TPSA) is 37.4 Å². The van der Waals surface area contributed by atoms with E-state index in [-0.39, 0.29) is 0 Å². The van der Waals surface area contributed by atoms with E-state index in [0.717, 1.165) is 45.3 Å². The molecule has 0 aromatic carbocycles. The molecule has 1 saturated heterocycles.